The van der Waals surface area contributed by atoms with Gasteiger partial charge in [-0.25, -0.2) is 9.37 Å². The monoisotopic (exact) mass is 390 g/mol. The first kappa shape index (κ1) is 17.9. The molecule has 4 aromatic rings. The maximum atomic E-state index is 13.5. The Balaban J connectivity index is 1.30. The molecule has 0 saturated carbocycles. The number of nitrogens with zero attached hydrogens (tertiary/aromatic N) is 4. The quantitative estimate of drug-likeness (QED) is 0.528. The van der Waals surface area contributed by atoms with Crippen LogP contribution in [0.1, 0.15) is 5.56 Å². The molecule has 5 rings (SSSR count). The first-order valence-corrected chi connectivity index (χ1v) is 9.87. The Morgan fingerprint density at radius 3 is 2.69 bits per heavy atom. The standard InChI is InChI=1S/C23H23FN4O/c1-29-22-13-19(24)6-7-21(22)27-10-8-26(9-11-27)15-17-12-23-25-14-18-4-2-3-5-20(18)28(23)16-17/h2-7,12-14,16H,8-11,15H2,1H3. The summed E-state index contributed by atoms with van der Waals surface area (Å²) in [5.41, 5.74) is 4.38. The molecule has 0 bridgehead atoms. The van der Waals surface area contributed by atoms with Crippen LogP contribution in [0.25, 0.3) is 16.6 Å². The van der Waals surface area contributed by atoms with Crippen molar-refractivity contribution in [2.45, 2.75) is 6.54 Å². The van der Waals surface area contributed by atoms with E-state index in [1.165, 1.54) is 23.2 Å². The number of methoxy groups -OCH3 is 1. The average Bonchev–Trinajstić information content (AvgIpc) is 3.17. The van der Waals surface area contributed by atoms with Crippen LogP contribution in [-0.2, 0) is 6.54 Å². The normalized spacial score (nSPS) is 15.3. The smallest absolute Gasteiger partial charge is 0.145 e. The van der Waals surface area contributed by atoms with Crippen LogP contribution < -0.4 is 9.64 Å². The van der Waals surface area contributed by atoms with Crippen molar-refractivity contribution >= 4 is 22.2 Å². The summed E-state index contributed by atoms with van der Waals surface area (Å²) >= 11 is 0. The fourth-order valence-corrected chi connectivity index (χ4v) is 4.15. The van der Waals surface area contributed by atoms with Gasteiger partial charge in [0, 0.05) is 56.6 Å². The lowest BCUT2D eigenvalue weighted by Gasteiger charge is -2.36. The van der Waals surface area contributed by atoms with Gasteiger partial charge in [-0.15, -0.1) is 0 Å². The van der Waals surface area contributed by atoms with E-state index in [0.29, 0.717) is 5.75 Å². The topological polar surface area (TPSA) is 33.0 Å². The van der Waals surface area contributed by atoms with E-state index in [4.69, 9.17) is 4.74 Å². The number of anilines is 1. The average molecular weight is 390 g/mol. The number of halogens is 1. The molecule has 0 unspecified atom stereocenters. The largest absolute Gasteiger partial charge is 0.494 e. The molecular formula is C23H23FN4O. The zero-order chi connectivity index (χ0) is 19.8. The van der Waals surface area contributed by atoms with Gasteiger partial charge in [0.1, 0.15) is 17.2 Å². The van der Waals surface area contributed by atoms with Gasteiger partial charge in [0.25, 0.3) is 0 Å². The molecule has 0 radical (unpaired) electrons. The van der Waals surface area contributed by atoms with E-state index in [0.717, 1.165) is 49.4 Å². The summed E-state index contributed by atoms with van der Waals surface area (Å²) in [5.74, 6) is 0.321. The molecule has 5 nitrogen and oxygen atoms in total. The van der Waals surface area contributed by atoms with Crippen molar-refractivity contribution in [2.75, 3.05) is 38.2 Å². The fraction of sp³-hybridized carbons (Fsp3) is 0.261. The molecule has 2 aromatic heterocycles. The highest BCUT2D eigenvalue weighted by molar-refractivity contribution is 5.80. The zero-order valence-corrected chi connectivity index (χ0v) is 16.4. The molecule has 0 amide bonds. The number of piperazine rings is 1. The van der Waals surface area contributed by atoms with E-state index in [9.17, 15) is 4.39 Å². The Labute approximate surface area is 168 Å². The number of para-hydroxylation sites is 1. The summed E-state index contributed by atoms with van der Waals surface area (Å²) in [6.07, 6.45) is 4.13. The van der Waals surface area contributed by atoms with Crippen molar-refractivity contribution in [3.05, 3.63) is 72.3 Å². The summed E-state index contributed by atoms with van der Waals surface area (Å²) in [6.45, 7) is 4.56. The van der Waals surface area contributed by atoms with E-state index in [1.54, 1.807) is 13.2 Å². The minimum Gasteiger partial charge on any atom is -0.494 e. The van der Waals surface area contributed by atoms with Gasteiger partial charge in [-0.1, -0.05) is 18.2 Å². The van der Waals surface area contributed by atoms with Gasteiger partial charge in [0.05, 0.1) is 18.3 Å². The lowest BCUT2D eigenvalue weighted by atomic mass is 10.2. The number of hydrogen-bond donors (Lipinski definition) is 0. The first-order chi connectivity index (χ1) is 14.2. The van der Waals surface area contributed by atoms with Gasteiger partial charge >= 0.3 is 0 Å². The molecular weight excluding hydrogens is 367 g/mol. The van der Waals surface area contributed by atoms with Gasteiger partial charge in [0.2, 0.25) is 0 Å². The Morgan fingerprint density at radius 2 is 1.86 bits per heavy atom. The number of benzene rings is 2. The second kappa shape index (κ2) is 7.37. The maximum absolute atomic E-state index is 13.5. The van der Waals surface area contributed by atoms with Crippen LogP contribution in [0.4, 0.5) is 10.1 Å². The van der Waals surface area contributed by atoms with Gasteiger partial charge in [-0.3, -0.25) is 4.90 Å². The van der Waals surface area contributed by atoms with Gasteiger partial charge in [-0.2, -0.15) is 0 Å². The third-order valence-electron chi connectivity index (χ3n) is 5.65. The number of fused-ring (bicyclic) bond motifs is 3. The van der Waals surface area contributed by atoms with Crippen molar-refractivity contribution < 1.29 is 9.13 Å². The SMILES string of the molecule is COc1cc(F)ccc1N1CCN(Cc2cc3ncc4ccccc4n3c2)CC1. The summed E-state index contributed by atoms with van der Waals surface area (Å²) in [6, 6.07) is 15.2. The predicted octanol–water partition coefficient (Wildman–Crippen LogP) is 3.96. The van der Waals surface area contributed by atoms with Crippen molar-refractivity contribution in [1.29, 1.82) is 0 Å². The number of ether oxygens (including phenoxy) is 1. The second-order valence-corrected chi connectivity index (χ2v) is 7.47. The van der Waals surface area contributed by atoms with E-state index in [1.807, 2.05) is 12.3 Å². The Kier molecular flexibility index (Phi) is 4.56. The van der Waals surface area contributed by atoms with Crippen LogP contribution in [0, 0.1) is 5.82 Å². The lowest BCUT2D eigenvalue weighted by molar-refractivity contribution is 0.249. The van der Waals surface area contributed by atoms with Crippen molar-refractivity contribution in [3.8, 4) is 5.75 Å². The summed E-state index contributed by atoms with van der Waals surface area (Å²) < 4.78 is 21.0. The van der Waals surface area contributed by atoms with Crippen LogP contribution in [-0.4, -0.2) is 47.6 Å². The number of rotatable bonds is 4. The summed E-state index contributed by atoms with van der Waals surface area (Å²) in [7, 11) is 1.59. The van der Waals surface area contributed by atoms with E-state index in [2.05, 4.69) is 49.6 Å². The molecule has 1 fully saturated rings. The minimum atomic E-state index is -0.272. The molecule has 0 aliphatic carbocycles. The van der Waals surface area contributed by atoms with E-state index in [-0.39, 0.29) is 5.82 Å². The molecule has 3 heterocycles. The van der Waals surface area contributed by atoms with Gasteiger partial charge < -0.3 is 14.0 Å². The molecule has 0 N–H and O–H groups in total. The van der Waals surface area contributed by atoms with Crippen molar-refractivity contribution in [2.24, 2.45) is 0 Å². The fourth-order valence-electron chi connectivity index (χ4n) is 4.15. The first-order valence-electron chi connectivity index (χ1n) is 9.87. The Bertz CT molecular complexity index is 1160. The highest BCUT2D eigenvalue weighted by Gasteiger charge is 2.20. The highest BCUT2D eigenvalue weighted by atomic mass is 19.1. The third-order valence-corrected chi connectivity index (χ3v) is 5.65. The molecule has 0 atom stereocenters. The molecule has 0 spiro atoms. The van der Waals surface area contributed by atoms with Crippen LogP contribution in [0.2, 0.25) is 0 Å². The van der Waals surface area contributed by atoms with Gasteiger partial charge in [-0.05, 0) is 29.8 Å². The maximum Gasteiger partial charge on any atom is 0.145 e. The summed E-state index contributed by atoms with van der Waals surface area (Å²) in [4.78, 5) is 9.30. The molecule has 148 valence electrons. The van der Waals surface area contributed by atoms with Crippen molar-refractivity contribution in [3.63, 3.8) is 0 Å². The van der Waals surface area contributed by atoms with E-state index >= 15 is 0 Å². The van der Waals surface area contributed by atoms with Crippen LogP contribution >= 0.6 is 0 Å². The molecule has 2 aromatic carbocycles. The Morgan fingerprint density at radius 1 is 1.03 bits per heavy atom. The summed E-state index contributed by atoms with van der Waals surface area (Å²) in [5, 5.41) is 1.14. The zero-order valence-electron chi connectivity index (χ0n) is 16.4. The Hall–Kier alpha value is -3.12. The predicted molar refractivity (Wildman–Crippen MR) is 113 cm³/mol. The molecule has 1 aliphatic heterocycles. The minimum absolute atomic E-state index is 0.272. The van der Waals surface area contributed by atoms with E-state index < -0.39 is 0 Å². The molecule has 1 saturated heterocycles. The van der Waals surface area contributed by atoms with Crippen molar-refractivity contribution in [1.82, 2.24) is 14.3 Å². The second-order valence-electron chi connectivity index (χ2n) is 7.47. The molecule has 6 heteroatoms. The molecule has 29 heavy (non-hydrogen) atoms. The van der Waals surface area contributed by atoms with Crippen LogP contribution in [0.15, 0.2) is 60.9 Å². The number of aromatic nitrogens is 2. The molecule has 1 aliphatic rings. The van der Waals surface area contributed by atoms with Gasteiger partial charge in [0.15, 0.2) is 0 Å². The van der Waals surface area contributed by atoms with Crippen LogP contribution in [0.3, 0.4) is 0 Å². The number of hydrogen-bond acceptors (Lipinski definition) is 4. The third kappa shape index (κ3) is 3.40. The van der Waals surface area contributed by atoms with Crippen LogP contribution in [0.5, 0.6) is 5.75 Å². The lowest BCUT2D eigenvalue weighted by Crippen LogP contribution is -2.46. The highest BCUT2D eigenvalue weighted by Crippen LogP contribution is 2.30.